The molecule has 2 saturated heterocycles. The van der Waals surface area contributed by atoms with Gasteiger partial charge in [-0.25, -0.2) is 0 Å². The molecule has 0 aliphatic carbocycles. The summed E-state index contributed by atoms with van der Waals surface area (Å²) in [6.45, 7) is 1.61. The first-order chi connectivity index (χ1) is 4.92. The number of hydroxylamine groups is 2. The SMILES string of the molecule is O=C[C@H]1CON2CCC[C@H]12. The molecule has 3 heteroatoms. The van der Waals surface area contributed by atoms with E-state index in [9.17, 15) is 4.79 Å². The number of nitrogens with zero attached hydrogens (tertiary/aromatic N) is 1. The minimum atomic E-state index is 0.141. The predicted molar refractivity (Wildman–Crippen MR) is 35.2 cm³/mol. The number of carbonyl (C=O) groups is 1. The van der Waals surface area contributed by atoms with Gasteiger partial charge in [0.15, 0.2) is 0 Å². The lowest BCUT2D eigenvalue weighted by atomic mass is 10.0. The second-order valence-electron chi connectivity index (χ2n) is 2.95. The molecule has 2 aliphatic rings. The lowest BCUT2D eigenvalue weighted by Crippen LogP contribution is -2.25. The van der Waals surface area contributed by atoms with Crippen LogP contribution in [0, 0.1) is 5.92 Å². The summed E-state index contributed by atoms with van der Waals surface area (Å²) in [6, 6.07) is 0.400. The zero-order valence-electron chi connectivity index (χ0n) is 5.82. The van der Waals surface area contributed by atoms with E-state index in [2.05, 4.69) is 0 Å². The molecular formula is C7H11NO2. The van der Waals surface area contributed by atoms with E-state index >= 15 is 0 Å². The molecule has 0 aromatic rings. The molecule has 0 aromatic heterocycles. The summed E-state index contributed by atoms with van der Waals surface area (Å²) < 4.78 is 0. The van der Waals surface area contributed by atoms with E-state index in [0.29, 0.717) is 12.6 Å². The molecular weight excluding hydrogens is 130 g/mol. The average molecular weight is 141 g/mol. The van der Waals surface area contributed by atoms with Crippen LogP contribution in [0.15, 0.2) is 0 Å². The van der Waals surface area contributed by atoms with Crippen LogP contribution >= 0.6 is 0 Å². The van der Waals surface area contributed by atoms with Crippen LogP contribution in [0.2, 0.25) is 0 Å². The third-order valence-electron chi connectivity index (χ3n) is 2.35. The molecule has 10 heavy (non-hydrogen) atoms. The second-order valence-corrected chi connectivity index (χ2v) is 2.95. The van der Waals surface area contributed by atoms with Crippen LogP contribution in [0.5, 0.6) is 0 Å². The summed E-state index contributed by atoms with van der Waals surface area (Å²) >= 11 is 0. The largest absolute Gasteiger partial charge is 0.303 e. The highest BCUT2D eigenvalue weighted by atomic mass is 16.7. The van der Waals surface area contributed by atoms with Crippen LogP contribution in [0.4, 0.5) is 0 Å². The first-order valence-electron chi connectivity index (χ1n) is 3.76. The van der Waals surface area contributed by atoms with Crippen molar-refractivity contribution in [2.75, 3.05) is 13.2 Å². The van der Waals surface area contributed by atoms with E-state index in [-0.39, 0.29) is 5.92 Å². The van der Waals surface area contributed by atoms with Gasteiger partial charge >= 0.3 is 0 Å². The minimum Gasteiger partial charge on any atom is -0.303 e. The zero-order valence-corrected chi connectivity index (χ0v) is 5.82. The van der Waals surface area contributed by atoms with E-state index in [4.69, 9.17) is 4.84 Å². The van der Waals surface area contributed by atoms with Crippen molar-refractivity contribution in [1.29, 1.82) is 0 Å². The van der Waals surface area contributed by atoms with E-state index in [0.717, 1.165) is 19.3 Å². The number of aldehydes is 1. The summed E-state index contributed by atoms with van der Waals surface area (Å²) in [4.78, 5) is 15.7. The summed E-state index contributed by atoms with van der Waals surface area (Å²) in [7, 11) is 0. The van der Waals surface area contributed by atoms with Crippen molar-refractivity contribution in [1.82, 2.24) is 5.06 Å². The van der Waals surface area contributed by atoms with Crippen LogP contribution in [0.1, 0.15) is 12.8 Å². The first kappa shape index (κ1) is 6.31. The Hall–Kier alpha value is -0.410. The molecule has 2 aliphatic heterocycles. The van der Waals surface area contributed by atoms with Gasteiger partial charge in [-0.05, 0) is 12.8 Å². The Kier molecular flexibility index (Phi) is 1.47. The highest BCUT2D eigenvalue weighted by Crippen LogP contribution is 2.28. The minimum absolute atomic E-state index is 0.141. The fourth-order valence-electron chi connectivity index (χ4n) is 1.78. The lowest BCUT2D eigenvalue weighted by molar-refractivity contribution is -0.113. The van der Waals surface area contributed by atoms with E-state index in [1.807, 2.05) is 5.06 Å². The van der Waals surface area contributed by atoms with Crippen molar-refractivity contribution < 1.29 is 9.63 Å². The molecule has 0 radical (unpaired) electrons. The first-order valence-corrected chi connectivity index (χ1v) is 3.76. The summed E-state index contributed by atoms with van der Waals surface area (Å²) in [6.07, 6.45) is 3.33. The van der Waals surface area contributed by atoms with Gasteiger partial charge in [0.1, 0.15) is 6.29 Å². The number of hydrogen-bond donors (Lipinski definition) is 0. The summed E-state index contributed by atoms with van der Waals surface area (Å²) in [5.74, 6) is 0.141. The molecule has 0 amide bonds. The Balaban J connectivity index is 2.07. The molecule has 0 saturated carbocycles. The number of hydrogen-bond acceptors (Lipinski definition) is 3. The zero-order chi connectivity index (χ0) is 6.97. The van der Waals surface area contributed by atoms with Crippen LogP contribution in [-0.4, -0.2) is 30.5 Å². The van der Waals surface area contributed by atoms with Gasteiger partial charge in [0.2, 0.25) is 0 Å². The van der Waals surface area contributed by atoms with Gasteiger partial charge in [-0.2, -0.15) is 5.06 Å². The molecule has 2 atom stereocenters. The van der Waals surface area contributed by atoms with Crippen molar-refractivity contribution >= 4 is 6.29 Å². The van der Waals surface area contributed by atoms with Gasteiger partial charge in [0.25, 0.3) is 0 Å². The predicted octanol–water partition coefficient (Wildman–Crippen LogP) is 0.211. The van der Waals surface area contributed by atoms with Gasteiger partial charge in [-0.3, -0.25) is 4.84 Å². The molecule has 0 N–H and O–H groups in total. The molecule has 0 bridgehead atoms. The molecule has 56 valence electrons. The Morgan fingerprint density at radius 2 is 2.50 bits per heavy atom. The monoisotopic (exact) mass is 141 g/mol. The smallest absolute Gasteiger partial charge is 0.127 e. The fraction of sp³-hybridized carbons (Fsp3) is 0.857. The molecule has 3 nitrogen and oxygen atoms in total. The number of rotatable bonds is 1. The molecule has 2 heterocycles. The van der Waals surface area contributed by atoms with Crippen LogP contribution < -0.4 is 0 Å². The maximum atomic E-state index is 10.4. The Morgan fingerprint density at radius 1 is 1.60 bits per heavy atom. The van der Waals surface area contributed by atoms with E-state index in [1.165, 1.54) is 6.42 Å². The number of fused-ring (bicyclic) bond motifs is 1. The third-order valence-corrected chi connectivity index (χ3v) is 2.35. The fourth-order valence-corrected chi connectivity index (χ4v) is 1.78. The maximum absolute atomic E-state index is 10.4. The second kappa shape index (κ2) is 2.32. The molecule has 2 fully saturated rings. The lowest BCUT2D eigenvalue weighted by Gasteiger charge is -2.12. The Bertz CT molecular complexity index is 149. The molecule has 0 unspecified atom stereocenters. The van der Waals surface area contributed by atoms with Gasteiger partial charge < -0.3 is 4.79 Å². The van der Waals surface area contributed by atoms with Crippen molar-refractivity contribution in [3.05, 3.63) is 0 Å². The van der Waals surface area contributed by atoms with Crippen LogP contribution in [-0.2, 0) is 9.63 Å². The Labute approximate surface area is 59.9 Å². The van der Waals surface area contributed by atoms with Gasteiger partial charge in [0.05, 0.1) is 12.5 Å². The highest BCUT2D eigenvalue weighted by Gasteiger charge is 2.38. The summed E-state index contributed by atoms with van der Waals surface area (Å²) in [5, 5.41) is 1.96. The average Bonchev–Trinajstić information content (AvgIpc) is 2.44. The topological polar surface area (TPSA) is 29.5 Å². The Morgan fingerprint density at radius 3 is 3.30 bits per heavy atom. The molecule has 2 rings (SSSR count). The van der Waals surface area contributed by atoms with E-state index < -0.39 is 0 Å². The highest BCUT2D eigenvalue weighted by molar-refractivity contribution is 5.55. The van der Waals surface area contributed by atoms with Gasteiger partial charge in [-0.1, -0.05) is 0 Å². The van der Waals surface area contributed by atoms with Crippen LogP contribution in [0.3, 0.4) is 0 Å². The van der Waals surface area contributed by atoms with Crippen LogP contribution in [0.25, 0.3) is 0 Å². The maximum Gasteiger partial charge on any atom is 0.127 e. The van der Waals surface area contributed by atoms with Crippen molar-refractivity contribution in [3.8, 4) is 0 Å². The molecule has 0 spiro atoms. The summed E-state index contributed by atoms with van der Waals surface area (Å²) in [5.41, 5.74) is 0. The van der Waals surface area contributed by atoms with Crippen molar-refractivity contribution in [2.45, 2.75) is 18.9 Å². The van der Waals surface area contributed by atoms with Gasteiger partial charge in [0, 0.05) is 12.6 Å². The van der Waals surface area contributed by atoms with E-state index in [1.54, 1.807) is 0 Å². The molecule has 0 aromatic carbocycles. The third kappa shape index (κ3) is 0.777. The van der Waals surface area contributed by atoms with Crippen molar-refractivity contribution in [2.24, 2.45) is 5.92 Å². The normalized spacial score (nSPS) is 40.0. The quantitative estimate of drug-likeness (QED) is 0.489. The number of carbonyl (C=O) groups excluding carboxylic acids is 1. The van der Waals surface area contributed by atoms with Crippen molar-refractivity contribution in [3.63, 3.8) is 0 Å². The standard InChI is InChI=1S/C7H11NO2/c9-4-6-5-10-8-3-1-2-7(6)8/h4,6-7H,1-3,5H2/t6-,7+/m0/s1. The van der Waals surface area contributed by atoms with Gasteiger partial charge in [-0.15, -0.1) is 0 Å².